The molecule has 2 N–H and O–H groups in total. The van der Waals surface area contributed by atoms with Gasteiger partial charge >= 0.3 is 12.1 Å². The highest BCUT2D eigenvalue weighted by molar-refractivity contribution is 7.89. The Hall–Kier alpha value is -2.19. The molecule has 2 aliphatic heterocycles. The number of carboxylic acids is 1. The van der Waals surface area contributed by atoms with Crippen LogP contribution in [-0.4, -0.2) is 88.6 Å². The number of carboxylic acid groups (broad SMARTS) is 1. The molecule has 0 aromatic carbocycles. The SMILES string of the molecule is CNC(=O)[C@H]1C[C@@H]2CN(S(=O)(=O)c3cn(C)cn3)C[C@@H]2N1C(C)C.O=C(O)C(F)(F)F. The topological polar surface area (TPSA) is 125 Å². The molecule has 14 heteroatoms. The fraction of sp³-hybridized carbons (Fsp3) is 0.706. The number of likely N-dealkylation sites (N-methyl/N-ethyl adjacent to an activating group) is 1. The van der Waals surface area contributed by atoms with Gasteiger partial charge in [-0.2, -0.15) is 17.5 Å². The molecule has 2 saturated heterocycles. The number of imidazole rings is 1. The predicted octanol–water partition coefficient (Wildman–Crippen LogP) is 0.271. The molecule has 176 valence electrons. The molecular formula is C17H26F3N5O5S. The summed E-state index contributed by atoms with van der Waals surface area (Å²) in [5, 5.41) is 9.94. The Labute approximate surface area is 178 Å². The van der Waals surface area contributed by atoms with Gasteiger partial charge in [-0.1, -0.05) is 0 Å². The molecule has 3 rings (SSSR count). The lowest BCUT2D eigenvalue weighted by molar-refractivity contribution is -0.192. The lowest BCUT2D eigenvalue weighted by Crippen LogP contribution is -2.50. The molecule has 1 aromatic rings. The third-order valence-corrected chi connectivity index (χ3v) is 7.03. The number of rotatable bonds is 4. The molecule has 0 aliphatic carbocycles. The molecule has 1 aromatic heterocycles. The van der Waals surface area contributed by atoms with Crippen molar-refractivity contribution in [3.63, 3.8) is 0 Å². The summed E-state index contributed by atoms with van der Waals surface area (Å²) in [6.45, 7) is 4.96. The number of nitrogens with zero attached hydrogens (tertiary/aromatic N) is 4. The maximum absolute atomic E-state index is 12.8. The third kappa shape index (κ3) is 5.36. The molecule has 31 heavy (non-hydrogen) atoms. The van der Waals surface area contributed by atoms with Gasteiger partial charge in [0.15, 0.2) is 5.03 Å². The van der Waals surface area contributed by atoms with Crippen LogP contribution >= 0.6 is 0 Å². The van der Waals surface area contributed by atoms with Crippen LogP contribution in [0.3, 0.4) is 0 Å². The highest BCUT2D eigenvalue weighted by atomic mass is 32.2. The van der Waals surface area contributed by atoms with Gasteiger partial charge < -0.3 is 15.0 Å². The van der Waals surface area contributed by atoms with E-state index in [9.17, 15) is 26.4 Å². The minimum Gasteiger partial charge on any atom is -0.475 e. The van der Waals surface area contributed by atoms with Crippen LogP contribution in [0, 0.1) is 5.92 Å². The van der Waals surface area contributed by atoms with Crippen LogP contribution in [-0.2, 0) is 26.7 Å². The molecule has 2 aliphatic rings. The smallest absolute Gasteiger partial charge is 0.475 e. The third-order valence-electron chi connectivity index (χ3n) is 5.32. The number of nitrogens with one attached hydrogen (secondary N) is 1. The zero-order valence-corrected chi connectivity index (χ0v) is 18.3. The van der Waals surface area contributed by atoms with Gasteiger partial charge in [-0.15, -0.1) is 0 Å². The number of carbonyl (C=O) groups excluding carboxylic acids is 1. The Kier molecular flexibility index (Phi) is 7.38. The van der Waals surface area contributed by atoms with E-state index in [-0.39, 0.29) is 35.0 Å². The molecule has 0 saturated carbocycles. The van der Waals surface area contributed by atoms with Crippen LogP contribution in [0.5, 0.6) is 0 Å². The number of alkyl halides is 3. The Morgan fingerprint density at radius 1 is 1.29 bits per heavy atom. The van der Waals surface area contributed by atoms with Crippen molar-refractivity contribution in [2.45, 2.75) is 49.6 Å². The van der Waals surface area contributed by atoms with E-state index in [4.69, 9.17) is 9.90 Å². The minimum absolute atomic E-state index is 0.0113. The van der Waals surface area contributed by atoms with E-state index in [2.05, 4.69) is 15.2 Å². The minimum atomic E-state index is -5.08. The number of aryl methyl sites for hydroxylation is 1. The van der Waals surface area contributed by atoms with Gasteiger partial charge in [0.2, 0.25) is 5.91 Å². The number of aliphatic carboxylic acids is 1. The number of hydrogen-bond acceptors (Lipinski definition) is 6. The number of aromatic nitrogens is 2. The highest BCUT2D eigenvalue weighted by Gasteiger charge is 2.52. The lowest BCUT2D eigenvalue weighted by Gasteiger charge is -2.32. The first-order valence-corrected chi connectivity index (χ1v) is 10.9. The molecule has 3 atom stereocenters. The van der Waals surface area contributed by atoms with Gasteiger partial charge in [0.05, 0.1) is 12.4 Å². The van der Waals surface area contributed by atoms with E-state index >= 15 is 0 Å². The van der Waals surface area contributed by atoms with Gasteiger partial charge in [-0.25, -0.2) is 18.2 Å². The monoisotopic (exact) mass is 469 g/mol. The first kappa shape index (κ1) is 25.1. The largest absolute Gasteiger partial charge is 0.490 e. The maximum Gasteiger partial charge on any atom is 0.490 e. The number of sulfonamides is 1. The average Bonchev–Trinajstić information content (AvgIpc) is 3.34. The molecule has 0 bridgehead atoms. The van der Waals surface area contributed by atoms with Crippen molar-refractivity contribution in [1.82, 2.24) is 24.1 Å². The molecule has 3 heterocycles. The lowest BCUT2D eigenvalue weighted by atomic mass is 10.0. The summed E-state index contributed by atoms with van der Waals surface area (Å²) in [5.74, 6) is -2.57. The van der Waals surface area contributed by atoms with Crippen molar-refractivity contribution in [3.05, 3.63) is 12.5 Å². The first-order valence-electron chi connectivity index (χ1n) is 9.47. The number of halogens is 3. The van der Waals surface area contributed by atoms with Crippen molar-refractivity contribution in [2.24, 2.45) is 13.0 Å². The van der Waals surface area contributed by atoms with E-state index in [1.807, 2.05) is 13.8 Å². The standard InChI is InChI=1S/C15H25N5O3S.C2HF3O2/c1-10(2)20-12(15(21)16-3)5-11-6-19(7-13(11)20)24(22,23)14-8-18(4)9-17-14;3-2(4,5)1(6)7/h8-13H,5-7H2,1-4H3,(H,16,21);(H,6,7)/t11-,12-,13+;/m1./s1. The van der Waals surface area contributed by atoms with Crippen molar-refractivity contribution in [3.8, 4) is 0 Å². The second-order valence-corrected chi connectivity index (χ2v) is 9.62. The predicted molar refractivity (Wildman–Crippen MR) is 102 cm³/mol. The fourth-order valence-electron chi connectivity index (χ4n) is 4.03. The van der Waals surface area contributed by atoms with E-state index in [0.717, 1.165) is 0 Å². The van der Waals surface area contributed by atoms with Crippen LogP contribution in [0.2, 0.25) is 0 Å². The molecule has 0 radical (unpaired) electrons. The normalized spacial score (nSPS) is 24.6. The van der Waals surface area contributed by atoms with Crippen LogP contribution in [0.1, 0.15) is 20.3 Å². The summed E-state index contributed by atoms with van der Waals surface area (Å²) < 4.78 is 60.4. The Bertz CT molecular complexity index is 918. The van der Waals surface area contributed by atoms with Crippen molar-refractivity contribution in [2.75, 3.05) is 20.1 Å². The fourth-order valence-corrected chi connectivity index (χ4v) is 5.51. The average molecular weight is 469 g/mol. The highest BCUT2D eigenvalue weighted by Crippen LogP contribution is 2.38. The van der Waals surface area contributed by atoms with Gasteiger partial charge in [-0.3, -0.25) is 9.69 Å². The summed E-state index contributed by atoms with van der Waals surface area (Å²) in [5.41, 5.74) is 0. The van der Waals surface area contributed by atoms with Crippen LogP contribution in [0.4, 0.5) is 13.2 Å². The van der Waals surface area contributed by atoms with E-state index in [0.29, 0.717) is 19.5 Å². The van der Waals surface area contributed by atoms with Crippen molar-refractivity contribution in [1.29, 1.82) is 0 Å². The molecule has 2 fully saturated rings. The second kappa shape index (κ2) is 9.12. The Morgan fingerprint density at radius 2 is 1.87 bits per heavy atom. The number of likely N-dealkylation sites (tertiary alicyclic amines) is 1. The summed E-state index contributed by atoms with van der Waals surface area (Å²) in [4.78, 5) is 27.2. The van der Waals surface area contributed by atoms with E-state index < -0.39 is 22.2 Å². The molecular weight excluding hydrogens is 443 g/mol. The Morgan fingerprint density at radius 3 is 2.29 bits per heavy atom. The number of hydrogen-bond donors (Lipinski definition) is 2. The molecule has 0 spiro atoms. The van der Waals surface area contributed by atoms with Crippen molar-refractivity contribution >= 4 is 21.9 Å². The maximum atomic E-state index is 12.8. The van der Waals surface area contributed by atoms with Gasteiger partial charge in [-0.05, 0) is 26.2 Å². The van der Waals surface area contributed by atoms with Crippen LogP contribution in [0.25, 0.3) is 0 Å². The first-order chi connectivity index (χ1) is 14.2. The summed E-state index contributed by atoms with van der Waals surface area (Å²) in [6.07, 6.45) is -1.38. The second-order valence-electron chi connectivity index (χ2n) is 7.74. The van der Waals surface area contributed by atoms with Crippen molar-refractivity contribution < 1.29 is 36.3 Å². The van der Waals surface area contributed by atoms with E-state index in [1.165, 1.54) is 16.8 Å². The van der Waals surface area contributed by atoms with Crippen LogP contribution < -0.4 is 5.32 Å². The van der Waals surface area contributed by atoms with E-state index in [1.54, 1.807) is 18.7 Å². The summed E-state index contributed by atoms with van der Waals surface area (Å²) in [7, 11) is -0.183. The quantitative estimate of drug-likeness (QED) is 0.649. The number of carbonyl (C=O) groups is 2. The van der Waals surface area contributed by atoms with Gasteiger partial charge in [0.1, 0.15) is 0 Å². The zero-order chi connectivity index (χ0) is 23.7. The number of amides is 1. The molecule has 0 unspecified atom stereocenters. The zero-order valence-electron chi connectivity index (χ0n) is 17.5. The van der Waals surface area contributed by atoms with Gasteiger partial charge in [0, 0.05) is 45.5 Å². The summed E-state index contributed by atoms with van der Waals surface area (Å²) >= 11 is 0. The van der Waals surface area contributed by atoms with Crippen LogP contribution in [0.15, 0.2) is 17.6 Å². The van der Waals surface area contributed by atoms with Gasteiger partial charge in [0.25, 0.3) is 10.0 Å². The molecule has 1 amide bonds. The molecule has 10 nitrogen and oxygen atoms in total. The number of fused-ring (bicyclic) bond motifs is 1. The summed E-state index contributed by atoms with van der Waals surface area (Å²) in [6, 6.07) is 0.0790. The Balaban J connectivity index is 0.000000423.